The van der Waals surface area contributed by atoms with Gasteiger partial charge in [-0.15, -0.1) is 0 Å². The normalized spacial score (nSPS) is 25.5. The Bertz CT molecular complexity index is 357. The van der Waals surface area contributed by atoms with Crippen LogP contribution < -0.4 is 10.1 Å². The highest BCUT2D eigenvalue weighted by atomic mass is 16.5. The second-order valence-corrected chi connectivity index (χ2v) is 4.16. The average molecular weight is 207 g/mol. The molecule has 3 nitrogen and oxygen atoms in total. The standard InChI is InChI=1S/C12H17NO2/c1-9-3-4-11(15-2)10(7-9)12(14)5-6-13-8-12/h3-4,7,13-14H,5-6,8H2,1-2H3. The third kappa shape index (κ3) is 1.85. The van der Waals surface area contributed by atoms with Gasteiger partial charge in [-0.2, -0.15) is 0 Å². The molecule has 1 aromatic rings. The molecule has 1 saturated heterocycles. The van der Waals surface area contributed by atoms with Crippen molar-refractivity contribution < 1.29 is 9.84 Å². The van der Waals surface area contributed by atoms with E-state index in [1.54, 1.807) is 7.11 Å². The fraction of sp³-hybridized carbons (Fsp3) is 0.500. The quantitative estimate of drug-likeness (QED) is 0.765. The predicted octanol–water partition coefficient (Wildman–Crippen LogP) is 1.18. The fourth-order valence-electron chi connectivity index (χ4n) is 2.09. The summed E-state index contributed by atoms with van der Waals surface area (Å²) >= 11 is 0. The number of β-amino-alcohol motifs (C(OH)–C–C–N with tert-alkyl or cyclic N) is 1. The Balaban J connectivity index is 2.44. The molecular weight excluding hydrogens is 190 g/mol. The maximum atomic E-state index is 10.5. The summed E-state index contributed by atoms with van der Waals surface area (Å²) in [4.78, 5) is 0. The predicted molar refractivity (Wildman–Crippen MR) is 59.1 cm³/mol. The van der Waals surface area contributed by atoms with Gasteiger partial charge >= 0.3 is 0 Å². The summed E-state index contributed by atoms with van der Waals surface area (Å²) in [5.74, 6) is 0.770. The molecule has 0 spiro atoms. The van der Waals surface area contributed by atoms with E-state index in [2.05, 4.69) is 5.32 Å². The highest BCUT2D eigenvalue weighted by molar-refractivity contribution is 5.41. The molecule has 0 saturated carbocycles. The first-order valence-corrected chi connectivity index (χ1v) is 5.24. The van der Waals surface area contributed by atoms with Crippen molar-refractivity contribution in [1.29, 1.82) is 0 Å². The van der Waals surface area contributed by atoms with E-state index in [4.69, 9.17) is 4.74 Å². The van der Waals surface area contributed by atoms with Crippen molar-refractivity contribution in [3.8, 4) is 5.75 Å². The van der Waals surface area contributed by atoms with Crippen LogP contribution in [-0.4, -0.2) is 25.3 Å². The summed E-state index contributed by atoms with van der Waals surface area (Å²) in [7, 11) is 1.64. The first kappa shape index (κ1) is 10.5. The Morgan fingerprint density at radius 2 is 2.27 bits per heavy atom. The Kier molecular flexibility index (Phi) is 2.67. The molecular formula is C12H17NO2. The van der Waals surface area contributed by atoms with E-state index in [1.165, 1.54) is 0 Å². The van der Waals surface area contributed by atoms with Crippen LogP contribution in [0.2, 0.25) is 0 Å². The maximum absolute atomic E-state index is 10.5. The van der Waals surface area contributed by atoms with Gasteiger partial charge in [0.25, 0.3) is 0 Å². The average Bonchev–Trinajstić information content (AvgIpc) is 2.66. The second-order valence-electron chi connectivity index (χ2n) is 4.16. The van der Waals surface area contributed by atoms with E-state index >= 15 is 0 Å². The second kappa shape index (κ2) is 3.83. The highest BCUT2D eigenvalue weighted by Crippen LogP contribution is 2.34. The summed E-state index contributed by atoms with van der Waals surface area (Å²) in [6.07, 6.45) is 0.743. The molecule has 0 amide bonds. The van der Waals surface area contributed by atoms with Crippen LogP contribution in [0.25, 0.3) is 0 Å². The van der Waals surface area contributed by atoms with Gasteiger partial charge in [0.05, 0.1) is 7.11 Å². The molecule has 1 aromatic carbocycles. The van der Waals surface area contributed by atoms with Crippen molar-refractivity contribution in [2.75, 3.05) is 20.2 Å². The molecule has 1 fully saturated rings. The van der Waals surface area contributed by atoms with Gasteiger partial charge in [0, 0.05) is 12.1 Å². The molecule has 2 N–H and O–H groups in total. The number of nitrogens with one attached hydrogen (secondary N) is 1. The summed E-state index contributed by atoms with van der Waals surface area (Å²) in [5.41, 5.74) is 1.28. The molecule has 1 heterocycles. The van der Waals surface area contributed by atoms with Gasteiger partial charge < -0.3 is 15.2 Å². The first-order valence-electron chi connectivity index (χ1n) is 5.24. The number of ether oxygens (including phenoxy) is 1. The van der Waals surface area contributed by atoms with Crippen LogP contribution in [0.1, 0.15) is 17.5 Å². The summed E-state index contributed by atoms with van der Waals surface area (Å²) in [5, 5.41) is 13.6. The van der Waals surface area contributed by atoms with Gasteiger partial charge in [-0.3, -0.25) is 0 Å². The van der Waals surface area contributed by atoms with Gasteiger partial charge in [-0.25, -0.2) is 0 Å². The van der Waals surface area contributed by atoms with Gasteiger partial charge in [-0.1, -0.05) is 11.6 Å². The van der Waals surface area contributed by atoms with Crippen molar-refractivity contribution in [1.82, 2.24) is 5.32 Å². The lowest BCUT2D eigenvalue weighted by Gasteiger charge is -2.24. The van der Waals surface area contributed by atoms with Crippen LogP contribution in [0.5, 0.6) is 5.75 Å². The fourth-order valence-corrected chi connectivity index (χ4v) is 2.09. The number of benzene rings is 1. The van der Waals surface area contributed by atoms with E-state index in [-0.39, 0.29) is 0 Å². The van der Waals surface area contributed by atoms with E-state index in [0.717, 1.165) is 29.8 Å². The minimum Gasteiger partial charge on any atom is -0.496 e. The smallest absolute Gasteiger partial charge is 0.125 e. The number of hydrogen-bond donors (Lipinski definition) is 2. The number of aliphatic hydroxyl groups is 1. The molecule has 82 valence electrons. The van der Waals surface area contributed by atoms with Crippen molar-refractivity contribution in [3.05, 3.63) is 29.3 Å². The van der Waals surface area contributed by atoms with Crippen LogP contribution in [0.3, 0.4) is 0 Å². The molecule has 0 aromatic heterocycles. The molecule has 0 aliphatic carbocycles. The van der Waals surface area contributed by atoms with Crippen LogP contribution in [-0.2, 0) is 5.60 Å². The number of methoxy groups -OCH3 is 1. The Hall–Kier alpha value is -1.06. The van der Waals surface area contributed by atoms with Gasteiger partial charge in [-0.05, 0) is 32.0 Å². The van der Waals surface area contributed by atoms with E-state index in [0.29, 0.717) is 6.54 Å². The van der Waals surface area contributed by atoms with Crippen LogP contribution in [0, 0.1) is 6.92 Å². The SMILES string of the molecule is COc1ccc(C)cc1C1(O)CCNC1. The molecule has 3 heteroatoms. The van der Waals surface area contributed by atoms with Crippen molar-refractivity contribution in [2.24, 2.45) is 0 Å². The largest absolute Gasteiger partial charge is 0.496 e. The van der Waals surface area contributed by atoms with Gasteiger partial charge in [0.2, 0.25) is 0 Å². The third-order valence-electron chi connectivity index (χ3n) is 2.99. The van der Waals surface area contributed by atoms with Crippen molar-refractivity contribution >= 4 is 0 Å². The summed E-state index contributed by atoms with van der Waals surface area (Å²) in [6.45, 7) is 3.48. The lowest BCUT2D eigenvalue weighted by Crippen LogP contribution is -2.28. The molecule has 1 aliphatic rings. The highest BCUT2D eigenvalue weighted by Gasteiger charge is 2.35. The monoisotopic (exact) mass is 207 g/mol. The van der Waals surface area contributed by atoms with Crippen LogP contribution in [0.15, 0.2) is 18.2 Å². The summed E-state index contributed by atoms with van der Waals surface area (Å²) in [6, 6.07) is 5.92. The van der Waals surface area contributed by atoms with E-state index < -0.39 is 5.60 Å². The zero-order valence-corrected chi connectivity index (χ0v) is 9.21. The lowest BCUT2D eigenvalue weighted by atomic mass is 9.91. The summed E-state index contributed by atoms with van der Waals surface area (Å²) < 4.78 is 5.29. The lowest BCUT2D eigenvalue weighted by molar-refractivity contribution is 0.0560. The van der Waals surface area contributed by atoms with Crippen LogP contribution in [0.4, 0.5) is 0 Å². The number of hydrogen-bond acceptors (Lipinski definition) is 3. The molecule has 2 rings (SSSR count). The topological polar surface area (TPSA) is 41.5 Å². The number of rotatable bonds is 2. The van der Waals surface area contributed by atoms with Crippen LogP contribution >= 0.6 is 0 Å². The Morgan fingerprint density at radius 1 is 1.47 bits per heavy atom. The molecule has 0 radical (unpaired) electrons. The zero-order chi connectivity index (χ0) is 10.9. The van der Waals surface area contributed by atoms with Crippen molar-refractivity contribution in [3.63, 3.8) is 0 Å². The molecule has 0 bridgehead atoms. The molecule has 1 aliphatic heterocycles. The Morgan fingerprint density at radius 3 is 2.87 bits per heavy atom. The third-order valence-corrected chi connectivity index (χ3v) is 2.99. The Labute approximate surface area is 90.1 Å². The molecule has 1 unspecified atom stereocenters. The van der Waals surface area contributed by atoms with Crippen molar-refractivity contribution in [2.45, 2.75) is 18.9 Å². The minimum atomic E-state index is -0.767. The minimum absolute atomic E-state index is 0.604. The van der Waals surface area contributed by atoms with Gasteiger partial charge in [0.1, 0.15) is 11.4 Å². The maximum Gasteiger partial charge on any atom is 0.125 e. The number of aryl methyl sites for hydroxylation is 1. The first-order chi connectivity index (χ1) is 7.15. The molecule has 15 heavy (non-hydrogen) atoms. The zero-order valence-electron chi connectivity index (χ0n) is 9.21. The van der Waals surface area contributed by atoms with E-state index in [9.17, 15) is 5.11 Å². The van der Waals surface area contributed by atoms with Gasteiger partial charge in [0.15, 0.2) is 0 Å². The molecule has 1 atom stereocenters. The van der Waals surface area contributed by atoms with E-state index in [1.807, 2.05) is 25.1 Å².